The topological polar surface area (TPSA) is 137 Å². The van der Waals surface area contributed by atoms with Crippen LogP contribution in [0.3, 0.4) is 0 Å². The lowest BCUT2D eigenvalue weighted by Crippen LogP contribution is -2.51. The molecule has 1 N–H and O–H groups in total. The highest BCUT2D eigenvalue weighted by atomic mass is 32.1. The lowest BCUT2D eigenvalue weighted by Gasteiger charge is -2.39. The standard InChI is InChI=1S/C25H22FN5O6S/c1-36-5-6-37-16-3-2-15(28-10-16)8-20(32)14-11-30(12-14)23-19(26)9-17-21(33)18(24(34)35)13-31(22(17)29-23)25-27-4-7-38-25/h2-4,7,9-10,13-14H,5-6,8,11-12H2,1H3,(H,34,35). The summed E-state index contributed by atoms with van der Waals surface area (Å²) in [6, 6.07) is 4.46. The number of nitrogens with zero attached hydrogens (tertiary/aromatic N) is 5. The number of anilines is 1. The highest BCUT2D eigenvalue weighted by molar-refractivity contribution is 7.12. The molecule has 0 aliphatic carbocycles. The first-order valence-electron chi connectivity index (χ1n) is 11.6. The number of thiazole rings is 1. The van der Waals surface area contributed by atoms with Crippen LogP contribution in [-0.4, -0.2) is 69.8 Å². The zero-order valence-corrected chi connectivity index (χ0v) is 21.0. The normalized spacial score (nSPS) is 13.5. The molecule has 1 aliphatic rings. The molecule has 0 saturated carbocycles. The number of ether oxygens (including phenoxy) is 2. The molecule has 0 spiro atoms. The van der Waals surface area contributed by atoms with Crippen molar-refractivity contribution in [2.75, 3.05) is 38.3 Å². The van der Waals surface area contributed by atoms with Crippen molar-refractivity contribution in [2.24, 2.45) is 5.92 Å². The molecule has 1 fully saturated rings. The number of hydrogen-bond donors (Lipinski definition) is 1. The van der Waals surface area contributed by atoms with Gasteiger partial charge in [-0.3, -0.25) is 19.1 Å². The van der Waals surface area contributed by atoms with E-state index in [2.05, 4.69) is 15.0 Å². The molecular weight excluding hydrogens is 517 g/mol. The Morgan fingerprint density at radius 2 is 2.05 bits per heavy atom. The molecule has 1 aliphatic heterocycles. The third-order valence-corrected chi connectivity index (χ3v) is 6.89. The van der Waals surface area contributed by atoms with Crippen LogP contribution in [-0.2, 0) is 16.0 Å². The summed E-state index contributed by atoms with van der Waals surface area (Å²) < 4.78 is 26.8. The average molecular weight is 540 g/mol. The largest absolute Gasteiger partial charge is 0.490 e. The van der Waals surface area contributed by atoms with E-state index in [1.54, 1.807) is 35.7 Å². The van der Waals surface area contributed by atoms with Crippen molar-refractivity contribution < 1.29 is 28.6 Å². The van der Waals surface area contributed by atoms with Gasteiger partial charge in [0.15, 0.2) is 22.4 Å². The third kappa shape index (κ3) is 4.97. The van der Waals surface area contributed by atoms with E-state index < -0.39 is 22.8 Å². The van der Waals surface area contributed by atoms with Gasteiger partial charge in [-0.1, -0.05) is 0 Å². The number of pyridine rings is 3. The molecule has 1 saturated heterocycles. The van der Waals surface area contributed by atoms with Crippen LogP contribution in [0.25, 0.3) is 16.2 Å². The van der Waals surface area contributed by atoms with Crippen molar-refractivity contribution in [3.63, 3.8) is 0 Å². The summed E-state index contributed by atoms with van der Waals surface area (Å²) in [5, 5.41) is 11.3. The Hall–Kier alpha value is -4.23. The van der Waals surface area contributed by atoms with E-state index in [9.17, 15) is 19.5 Å². The van der Waals surface area contributed by atoms with E-state index in [1.165, 1.54) is 22.1 Å². The van der Waals surface area contributed by atoms with Gasteiger partial charge < -0.3 is 19.5 Å². The molecule has 5 heterocycles. The van der Waals surface area contributed by atoms with Crippen LogP contribution < -0.4 is 15.1 Å². The van der Waals surface area contributed by atoms with Crippen molar-refractivity contribution in [3.8, 4) is 10.9 Å². The van der Waals surface area contributed by atoms with Crippen LogP contribution in [0.4, 0.5) is 10.2 Å². The second-order valence-corrected chi connectivity index (χ2v) is 9.47. The number of aromatic carboxylic acids is 1. The highest BCUT2D eigenvalue weighted by Crippen LogP contribution is 2.29. The monoisotopic (exact) mass is 539 g/mol. The van der Waals surface area contributed by atoms with Gasteiger partial charge in [0.1, 0.15) is 23.7 Å². The third-order valence-electron chi connectivity index (χ3n) is 6.11. The van der Waals surface area contributed by atoms with Gasteiger partial charge in [0.25, 0.3) is 0 Å². The number of Topliss-reactive ketones (excluding diaryl/α,β-unsaturated/α-hetero) is 1. The summed E-state index contributed by atoms with van der Waals surface area (Å²) in [5.74, 6) is -2.02. The van der Waals surface area contributed by atoms with Crippen LogP contribution >= 0.6 is 11.3 Å². The number of carbonyl (C=O) groups is 2. The van der Waals surface area contributed by atoms with E-state index >= 15 is 4.39 Å². The first-order valence-corrected chi connectivity index (χ1v) is 12.5. The van der Waals surface area contributed by atoms with Crippen molar-refractivity contribution >= 4 is 39.9 Å². The molecule has 4 aromatic rings. The number of carboxylic acid groups (broad SMARTS) is 1. The molecular formula is C25H22FN5O6S. The number of halogens is 1. The number of ketones is 1. The van der Waals surface area contributed by atoms with Gasteiger partial charge >= 0.3 is 5.97 Å². The summed E-state index contributed by atoms with van der Waals surface area (Å²) >= 11 is 1.21. The minimum atomic E-state index is -1.43. The zero-order valence-electron chi connectivity index (χ0n) is 20.2. The molecule has 0 radical (unpaired) electrons. The maximum absolute atomic E-state index is 15.1. The fourth-order valence-electron chi connectivity index (χ4n) is 4.09. The predicted octanol–water partition coefficient (Wildman–Crippen LogP) is 2.35. The Bertz CT molecular complexity index is 1550. The Kier molecular flexibility index (Phi) is 7.11. The number of methoxy groups -OCH3 is 1. The molecule has 0 bridgehead atoms. The molecule has 0 unspecified atom stereocenters. The maximum atomic E-state index is 15.1. The summed E-state index contributed by atoms with van der Waals surface area (Å²) in [6.07, 6.45) is 4.35. The highest BCUT2D eigenvalue weighted by Gasteiger charge is 2.35. The molecule has 196 valence electrons. The van der Waals surface area contributed by atoms with Gasteiger partial charge in [-0.2, -0.15) is 0 Å². The fraction of sp³-hybridized carbons (Fsp3) is 0.280. The van der Waals surface area contributed by atoms with Crippen LogP contribution in [0, 0.1) is 11.7 Å². The smallest absolute Gasteiger partial charge is 0.341 e. The van der Waals surface area contributed by atoms with Crippen LogP contribution in [0.2, 0.25) is 0 Å². The van der Waals surface area contributed by atoms with E-state index in [1.807, 2.05) is 0 Å². The lowest BCUT2D eigenvalue weighted by molar-refractivity contribution is -0.123. The predicted molar refractivity (Wildman–Crippen MR) is 136 cm³/mol. The van der Waals surface area contributed by atoms with Gasteiger partial charge in [-0.05, 0) is 18.2 Å². The number of hydrogen-bond acceptors (Lipinski definition) is 10. The molecule has 0 amide bonds. The second-order valence-electron chi connectivity index (χ2n) is 8.60. The molecule has 13 heteroatoms. The Morgan fingerprint density at radius 1 is 1.24 bits per heavy atom. The quantitative estimate of drug-likeness (QED) is 0.299. The van der Waals surface area contributed by atoms with Crippen molar-refractivity contribution in [1.82, 2.24) is 19.5 Å². The molecule has 38 heavy (non-hydrogen) atoms. The maximum Gasteiger partial charge on any atom is 0.341 e. The van der Waals surface area contributed by atoms with E-state index in [4.69, 9.17) is 9.47 Å². The number of carboxylic acids is 1. The molecule has 4 aromatic heterocycles. The van der Waals surface area contributed by atoms with Crippen LogP contribution in [0.1, 0.15) is 16.1 Å². The second kappa shape index (κ2) is 10.6. The van der Waals surface area contributed by atoms with Crippen molar-refractivity contribution in [1.29, 1.82) is 0 Å². The van der Waals surface area contributed by atoms with Gasteiger partial charge in [-0.15, -0.1) is 11.3 Å². The number of carbonyl (C=O) groups excluding carboxylic acids is 1. The zero-order chi connectivity index (χ0) is 26.8. The van der Waals surface area contributed by atoms with Crippen LogP contribution in [0.15, 0.2) is 47.0 Å². The van der Waals surface area contributed by atoms with Gasteiger partial charge in [-0.25, -0.2) is 19.2 Å². The minimum absolute atomic E-state index is 0.0231. The van der Waals surface area contributed by atoms with E-state index in [0.29, 0.717) is 29.8 Å². The van der Waals surface area contributed by atoms with Crippen molar-refractivity contribution in [2.45, 2.75) is 6.42 Å². The average Bonchev–Trinajstić information content (AvgIpc) is 3.40. The Morgan fingerprint density at radius 3 is 2.71 bits per heavy atom. The molecule has 0 atom stereocenters. The van der Waals surface area contributed by atoms with E-state index in [0.717, 1.165) is 12.3 Å². The first-order chi connectivity index (χ1) is 18.4. The summed E-state index contributed by atoms with van der Waals surface area (Å²) in [6.45, 7) is 1.36. The number of rotatable bonds is 10. The number of aromatic nitrogens is 4. The van der Waals surface area contributed by atoms with Gasteiger partial charge in [0.2, 0.25) is 5.43 Å². The first kappa shape index (κ1) is 25.4. The molecule has 11 nitrogen and oxygen atoms in total. The minimum Gasteiger partial charge on any atom is -0.490 e. The SMILES string of the molecule is COCCOc1ccc(CC(=O)C2CN(c3nc4c(cc3F)c(=O)c(C(=O)O)cn4-c3nccs3)C2)nc1. The summed E-state index contributed by atoms with van der Waals surface area (Å²) in [4.78, 5) is 51.5. The molecule has 5 rings (SSSR count). The fourth-order valence-corrected chi connectivity index (χ4v) is 4.71. The van der Waals surface area contributed by atoms with Gasteiger partial charge in [0.05, 0.1) is 24.1 Å². The van der Waals surface area contributed by atoms with E-state index in [-0.39, 0.29) is 48.1 Å². The summed E-state index contributed by atoms with van der Waals surface area (Å²) in [7, 11) is 1.58. The summed E-state index contributed by atoms with van der Waals surface area (Å²) in [5.41, 5.74) is -0.667. The Balaban J connectivity index is 1.33. The van der Waals surface area contributed by atoms with Crippen LogP contribution in [0.5, 0.6) is 5.75 Å². The Labute approximate surface area is 219 Å². The number of fused-ring (bicyclic) bond motifs is 1. The van der Waals surface area contributed by atoms with Gasteiger partial charge in [0, 0.05) is 50.1 Å². The lowest BCUT2D eigenvalue weighted by atomic mass is 9.92. The molecule has 0 aromatic carbocycles. The van der Waals surface area contributed by atoms with Crippen molar-refractivity contribution in [3.05, 3.63) is 69.5 Å².